The van der Waals surface area contributed by atoms with Gasteiger partial charge in [-0.3, -0.25) is 4.79 Å². The van der Waals surface area contributed by atoms with Crippen LogP contribution in [0.3, 0.4) is 0 Å². The summed E-state index contributed by atoms with van der Waals surface area (Å²) < 4.78 is 5.09. The number of rotatable bonds is 7. The predicted octanol–water partition coefficient (Wildman–Crippen LogP) is 1.85. The minimum Gasteiger partial charge on any atom is -0.466 e. The SMILES string of the molecule is CCCC(N)CC(=O)OCCC1CC1. The lowest BCUT2D eigenvalue weighted by atomic mass is 10.1. The summed E-state index contributed by atoms with van der Waals surface area (Å²) in [6, 6.07) is -0.0200. The summed E-state index contributed by atoms with van der Waals surface area (Å²) in [6.45, 7) is 2.65. The maximum absolute atomic E-state index is 11.2. The van der Waals surface area contributed by atoms with Gasteiger partial charge in [-0.25, -0.2) is 0 Å². The van der Waals surface area contributed by atoms with Crippen molar-refractivity contribution in [2.24, 2.45) is 11.7 Å². The Balaban J connectivity index is 1.96. The second kappa shape index (κ2) is 6.02. The van der Waals surface area contributed by atoms with Crippen molar-refractivity contribution in [1.82, 2.24) is 0 Å². The van der Waals surface area contributed by atoms with Gasteiger partial charge < -0.3 is 10.5 Å². The molecule has 0 spiro atoms. The molecule has 1 atom stereocenters. The van der Waals surface area contributed by atoms with Crippen LogP contribution < -0.4 is 5.73 Å². The van der Waals surface area contributed by atoms with Crippen molar-refractivity contribution in [2.75, 3.05) is 6.61 Å². The number of carbonyl (C=O) groups excluding carboxylic acids is 1. The highest BCUT2D eigenvalue weighted by Crippen LogP contribution is 2.32. The maximum atomic E-state index is 11.2. The third kappa shape index (κ3) is 5.22. The Kier molecular flexibility index (Phi) is 4.94. The van der Waals surface area contributed by atoms with Crippen molar-refractivity contribution in [1.29, 1.82) is 0 Å². The zero-order valence-corrected chi connectivity index (χ0v) is 9.00. The maximum Gasteiger partial charge on any atom is 0.307 e. The number of nitrogens with two attached hydrogens (primary N) is 1. The second-order valence-corrected chi connectivity index (χ2v) is 4.21. The molecule has 3 heteroatoms. The van der Waals surface area contributed by atoms with E-state index in [9.17, 15) is 4.79 Å². The van der Waals surface area contributed by atoms with Crippen LogP contribution in [0, 0.1) is 5.92 Å². The van der Waals surface area contributed by atoms with E-state index in [1.165, 1.54) is 12.8 Å². The molecule has 82 valence electrons. The molecule has 2 N–H and O–H groups in total. The van der Waals surface area contributed by atoms with E-state index in [4.69, 9.17) is 10.5 Å². The first-order valence-corrected chi connectivity index (χ1v) is 5.63. The van der Waals surface area contributed by atoms with Gasteiger partial charge in [0.25, 0.3) is 0 Å². The van der Waals surface area contributed by atoms with Crippen LogP contribution in [-0.4, -0.2) is 18.6 Å². The molecule has 0 amide bonds. The van der Waals surface area contributed by atoms with E-state index in [0.29, 0.717) is 13.0 Å². The zero-order chi connectivity index (χ0) is 10.4. The fourth-order valence-corrected chi connectivity index (χ4v) is 1.49. The average molecular weight is 199 g/mol. The number of ether oxygens (including phenoxy) is 1. The molecule has 3 nitrogen and oxygen atoms in total. The van der Waals surface area contributed by atoms with Gasteiger partial charge in [-0.15, -0.1) is 0 Å². The van der Waals surface area contributed by atoms with Crippen LogP contribution in [-0.2, 0) is 9.53 Å². The van der Waals surface area contributed by atoms with Gasteiger partial charge >= 0.3 is 5.97 Å². The van der Waals surface area contributed by atoms with E-state index >= 15 is 0 Å². The van der Waals surface area contributed by atoms with Gasteiger partial charge in [0.2, 0.25) is 0 Å². The molecule has 1 aliphatic carbocycles. The summed E-state index contributed by atoms with van der Waals surface area (Å²) in [5.41, 5.74) is 5.73. The first-order valence-electron chi connectivity index (χ1n) is 5.63. The molecule has 1 fully saturated rings. The van der Waals surface area contributed by atoms with Crippen molar-refractivity contribution >= 4 is 5.97 Å². The van der Waals surface area contributed by atoms with Crippen LogP contribution in [0.15, 0.2) is 0 Å². The van der Waals surface area contributed by atoms with Gasteiger partial charge in [0.15, 0.2) is 0 Å². The van der Waals surface area contributed by atoms with Crippen molar-refractivity contribution in [2.45, 2.75) is 51.5 Å². The topological polar surface area (TPSA) is 52.3 Å². The molecule has 0 heterocycles. The third-order valence-corrected chi connectivity index (χ3v) is 2.57. The Morgan fingerprint density at radius 1 is 1.57 bits per heavy atom. The Morgan fingerprint density at radius 3 is 2.86 bits per heavy atom. The molecule has 14 heavy (non-hydrogen) atoms. The standard InChI is InChI=1S/C11H21NO2/c1-2-3-10(12)8-11(13)14-7-6-9-4-5-9/h9-10H,2-8,12H2,1H3. The van der Waals surface area contributed by atoms with Crippen molar-refractivity contribution in [3.8, 4) is 0 Å². The Morgan fingerprint density at radius 2 is 2.29 bits per heavy atom. The van der Waals surface area contributed by atoms with Gasteiger partial charge in [0.1, 0.15) is 0 Å². The zero-order valence-electron chi connectivity index (χ0n) is 9.00. The van der Waals surface area contributed by atoms with E-state index < -0.39 is 0 Å². The highest BCUT2D eigenvalue weighted by Gasteiger charge is 2.21. The number of hydrogen-bond acceptors (Lipinski definition) is 3. The molecule has 0 saturated heterocycles. The van der Waals surface area contributed by atoms with Crippen LogP contribution in [0.1, 0.15) is 45.4 Å². The Bertz CT molecular complexity index is 178. The quantitative estimate of drug-likeness (QED) is 0.637. The van der Waals surface area contributed by atoms with Crippen LogP contribution >= 0.6 is 0 Å². The molecular weight excluding hydrogens is 178 g/mol. The van der Waals surface area contributed by atoms with Gasteiger partial charge in [-0.05, 0) is 18.8 Å². The Labute approximate surface area is 86.0 Å². The molecule has 0 aromatic carbocycles. The molecule has 1 aliphatic rings. The summed E-state index contributed by atoms with van der Waals surface area (Å²) in [4.78, 5) is 11.2. The lowest BCUT2D eigenvalue weighted by molar-refractivity contribution is -0.144. The normalized spacial score (nSPS) is 17.9. The summed E-state index contributed by atoms with van der Waals surface area (Å²) in [6.07, 6.45) is 5.96. The number of esters is 1. The van der Waals surface area contributed by atoms with Crippen LogP contribution in [0.2, 0.25) is 0 Å². The molecule has 1 unspecified atom stereocenters. The fourth-order valence-electron chi connectivity index (χ4n) is 1.49. The second-order valence-electron chi connectivity index (χ2n) is 4.21. The Hall–Kier alpha value is -0.570. The lowest BCUT2D eigenvalue weighted by Crippen LogP contribution is -2.24. The molecule has 0 aromatic heterocycles. The minimum absolute atomic E-state index is 0.0200. The number of hydrogen-bond donors (Lipinski definition) is 1. The molecular formula is C11H21NO2. The van der Waals surface area contributed by atoms with Crippen molar-refractivity contribution < 1.29 is 9.53 Å². The van der Waals surface area contributed by atoms with Crippen LogP contribution in [0.4, 0.5) is 0 Å². The molecule has 0 bridgehead atoms. The molecule has 0 aliphatic heterocycles. The highest BCUT2D eigenvalue weighted by molar-refractivity contribution is 5.70. The smallest absolute Gasteiger partial charge is 0.307 e. The molecule has 1 saturated carbocycles. The van der Waals surface area contributed by atoms with E-state index in [0.717, 1.165) is 25.2 Å². The van der Waals surface area contributed by atoms with Gasteiger partial charge in [0.05, 0.1) is 13.0 Å². The van der Waals surface area contributed by atoms with E-state index in [1.807, 2.05) is 0 Å². The van der Waals surface area contributed by atoms with Crippen LogP contribution in [0.5, 0.6) is 0 Å². The van der Waals surface area contributed by atoms with Crippen LogP contribution in [0.25, 0.3) is 0 Å². The molecule has 0 radical (unpaired) electrons. The fraction of sp³-hybridized carbons (Fsp3) is 0.909. The number of carbonyl (C=O) groups is 1. The highest BCUT2D eigenvalue weighted by atomic mass is 16.5. The third-order valence-electron chi connectivity index (χ3n) is 2.57. The van der Waals surface area contributed by atoms with E-state index in [-0.39, 0.29) is 12.0 Å². The van der Waals surface area contributed by atoms with Gasteiger partial charge in [0, 0.05) is 6.04 Å². The van der Waals surface area contributed by atoms with Gasteiger partial charge in [-0.1, -0.05) is 26.2 Å². The molecule has 1 rings (SSSR count). The minimum atomic E-state index is -0.133. The summed E-state index contributed by atoms with van der Waals surface area (Å²) in [5, 5.41) is 0. The largest absolute Gasteiger partial charge is 0.466 e. The van der Waals surface area contributed by atoms with E-state index in [2.05, 4.69) is 6.92 Å². The van der Waals surface area contributed by atoms with E-state index in [1.54, 1.807) is 0 Å². The summed E-state index contributed by atoms with van der Waals surface area (Å²) in [7, 11) is 0. The summed E-state index contributed by atoms with van der Waals surface area (Å²) in [5.74, 6) is 0.693. The molecule has 0 aromatic rings. The first-order chi connectivity index (χ1) is 6.72. The van der Waals surface area contributed by atoms with Crippen molar-refractivity contribution in [3.63, 3.8) is 0 Å². The first kappa shape index (κ1) is 11.5. The van der Waals surface area contributed by atoms with Gasteiger partial charge in [-0.2, -0.15) is 0 Å². The summed E-state index contributed by atoms with van der Waals surface area (Å²) >= 11 is 0. The monoisotopic (exact) mass is 199 g/mol. The lowest BCUT2D eigenvalue weighted by Gasteiger charge is -2.09. The average Bonchev–Trinajstić information content (AvgIpc) is 2.88. The van der Waals surface area contributed by atoms with Crippen molar-refractivity contribution in [3.05, 3.63) is 0 Å². The predicted molar refractivity (Wildman–Crippen MR) is 55.8 cm³/mol.